The Kier molecular flexibility index (Phi) is 65.6. The second kappa shape index (κ2) is 67.9. The highest BCUT2D eigenvalue weighted by Gasteiger charge is 2.19. The highest BCUT2D eigenvalue weighted by molar-refractivity contribution is 5.71. The summed E-state index contributed by atoms with van der Waals surface area (Å²) < 4.78 is 17.0. The van der Waals surface area contributed by atoms with Crippen LogP contribution in [0.4, 0.5) is 0 Å². The lowest BCUT2D eigenvalue weighted by Crippen LogP contribution is -2.30. The average molecular weight is 1110 g/mol. The number of hydrogen-bond donors (Lipinski definition) is 0. The van der Waals surface area contributed by atoms with Crippen molar-refractivity contribution in [3.05, 3.63) is 48.6 Å². The second-order valence-corrected chi connectivity index (χ2v) is 23.8. The molecule has 0 bridgehead atoms. The van der Waals surface area contributed by atoms with Crippen molar-refractivity contribution >= 4 is 17.9 Å². The minimum Gasteiger partial charge on any atom is -0.462 e. The van der Waals surface area contributed by atoms with E-state index in [9.17, 15) is 14.4 Å². The Morgan fingerprint density at radius 1 is 0.253 bits per heavy atom. The minimum absolute atomic E-state index is 0.0705. The summed E-state index contributed by atoms with van der Waals surface area (Å²) in [6, 6.07) is 0. The van der Waals surface area contributed by atoms with Gasteiger partial charge in [-0.15, -0.1) is 0 Å². The van der Waals surface area contributed by atoms with Crippen LogP contribution in [0.15, 0.2) is 48.6 Å². The number of carbonyl (C=O) groups is 3. The molecule has 462 valence electrons. The SMILES string of the molecule is CCCCCCC/C=C\C/C=C\C/C=C\CCCCCCCCCCCCCCCCCCC(=O)OCC(COC(=O)CCCCCCC/C=C\CCCCCCC)OC(=O)CCCCCCCCCCCCCCCCCC. The Labute approximate surface area is 492 Å². The summed E-state index contributed by atoms with van der Waals surface area (Å²) in [7, 11) is 0. The first-order valence-corrected chi connectivity index (χ1v) is 35.1. The van der Waals surface area contributed by atoms with Crippen LogP contribution in [-0.2, 0) is 28.6 Å². The predicted molar refractivity (Wildman–Crippen MR) is 344 cm³/mol. The van der Waals surface area contributed by atoms with Gasteiger partial charge in [0, 0.05) is 19.3 Å². The third-order valence-electron chi connectivity index (χ3n) is 15.8. The fourth-order valence-electron chi connectivity index (χ4n) is 10.5. The van der Waals surface area contributed by atoms with Crippen LogP contribution in [0.2, 0.25) is 0 Å². The van der Waals surface area contributed by atoms with Gasteiger partial charge in [0.05, 0.1) is 0 Å². The van der Waals surface area contributed by atoms with Crippen molar-refractivity contribution in [2.75, 3.05) is 13.2 Å². The Morgan fingerprint density at radius 2 is 0.456 bits per heavy atom. The molecule has 0 spiro atoms. The minimum atomic E-state index is -0.774. The van der Waals surface area contributed by atoms with Gasteiger partial charge in [-0.3, -0.25) is 14.4 Å². The average Bonchev–Trinajstić information content (AvgIpc) is 3.45. The van der Waals surface area contributed by atoms with E-state index in [1.54, 1.807) is 0 Å². The molecule has 79 heavy (non-hydrogen) atoms. The number of ether oxygens (including phenoxy) is 3. The third-order valence-corrected chi connectivity index (χ3v) is 15.8. The van der Waals surface area contributed by atoms with Crippen molar-refractivity contribution in [2.45, 2.75) is 386 Å². The molecule has 0 radical (unpaired) electrons. The second-order valence-electron chi connectivity index (χ2n) is 23.8. The molecule has 6 heteroatoms. The lowest BCUT2D eigenvalue weighted by atomic mass is 10.0. The number of allylic oxidation sites excluding steroid dienone is 8. The number of rotatable bonds is 65. The molecule has 0 aliphatic rings. The van der Waals surface area contributed by atoms with Gasteiger partial charge in [-0.25, -0.2) is 0 Å². The zero-order chi connectivity index (χ0) is 57.1. The lowest BCUT2D eigenvalue weighted by molar-refractivity contribution is -0.167. The van der Waals surface area contributed by atoms with Crippen molar-refractivity contribution in [1.82, 2.24) is 0 Å². The summed E-state index contributed by atoms with van der Waals surface area (Å²) in [6.07, 6.45) is 85.7. The summed E-state index contributed by atoms with van der Waals surface area (Å²) in [5.74, 6) is -0.853. The summed E-state index contributed by atoms with van der Waals surface area (Å²) in [5.41, 5.74) is 0. The van der Waals surface area contributed by atoms with Gasteiger partial charge in [-0.1, -0.05) is 326 Å². The van der Waals surface area contributed by atoms with E-state index in [2.05, 4.69) is 69.4 Å². The van der Waals surface area contributed by atoms with Crippen LogP contribution >= 0.6 is 0 Å². The van der Waals surface area contributed by atoms with Crippen LogP contribution in [0, 0.1) is 0 Å². The van der Waals surface area contributed by atoms with E-state index in [1.165, 1.54) is 263 Å². The van der Waals surface area contributed by atoms with E-state index < -0.39 is 6.10 Å². The molecule has 0 aromatic carbocycles. The van der Waals surface area contributed by atoms with Crippen LogP contribution in [0.5, 0.6) is 0 Å². The maximum absolute atomic E-state index is 12.9. The fraction of sp³-hybridized carbons (Fsp3) is 0.849. The van der Waals surface area contributed by atoms with E-state index in [-0.39, 0.29) is 31.1 Å². The third kappa shape index (κ3) is 66.1. The molecular weight excluding hydrogens is 973 g/mol. The molecule has 0 aromatic heterocycles. The highest BCUT2D eigenvalue weighted by atomic mass is 16.6. The van der Waals surface area contributed by atoms with Crippen molar-refractivity contribution in [1.29, 1.82) is 0 Å². The summed E-state index contributed by atoms with van der Waals surface area (Å²) in [6.45, 7) is 6.67. The van der Waals surface area contributed by atoms with Crippen molar-refractivity contribution in [3.8, 4) is 0 Å². The van der Waals surface area contributed by atoms with Crippen LogP contribution in [0.25, 0.3) is 0 Å². The van der Waals surface area contributed by atoms with E-state index in [4.69, 9.17) is 14.2 Å². The first-order chi connectivity index (χ1) is 39.0. The fourth-order valence-corrected chi connectivity index (χ4v) is 10.5. The summed E-state index contributed by atoms with van der Waals surface area (Å²) in [5, 5.41) is 0. The Hall–Kier alpha value is -2.63. The molecule has 0 aliphatic carbocycles. The maximum Gasteiger partial charge on any atom is 0.306 e. The molecular formula is C73H134O6. The highest BCUT2D eigenvalue weighted by Crippen LogP contribution is 2.18. The molecule has 0 rings (SSSR count). The first kappa shape index (κ1) is 76.4. The number of hydrogen-bond acceptors (Lipinski definition) is 6. The molecule has 0 saturated heterocycles. The zero-order valence-electron chi connectivity index (χ0n) is 53.2. The Balaban J connectivity index is 4.17. The van der Waals surface area contributed by atoms with Crippen molar-refractivity contribution < 1.29 is 28.6 Å². The van der Waals surface area contributed by atoms with Gasteiger partial charge in [0.25, 0.3) is 0 Å². The van der Waals surface area contributed by atoms with Crippen LogP contribution < -0.4 is 0 Å². The Bertz CT molecular complexity index is 1360. The van der Waals surface area contributed by atoms with Gasteiger partial charge in [-0.05, 0) is 83.5 Å². The molecule has 0 heterocycles. The standard InChI is InChI=1S/C73H134O6/c1-4-7-10-13-16-19-22-25-28-30-31-32-33-34-35-36-37-38-39-40-41-42-43-44-46-48-51-54-57-60-63-66-72(75)78-69-70(68-77-71(74)65-62-59-56-53-50-47-27-24-21-18-15-12-9-6-3)79-73(76)67-64-61-58-55-52-49-45-29-26-23-20-17-14-11-8-5-2/h22,24-25,27,30-31,33-34,70H,4-21,23,26,28-29,32,35-69H2,1-3H3/b25-22-,27-24-,31-30-,34-33-. The van der Waals surface area contributed by atoms with E-state index in [0.717, 1.165) is 77.0 Å². The van der Waals surface area contributed by atoms with Crippen molar-refractivity contribution in [3.63, 3.8) is 0 Å². The molecule has 6 nitrogen and oxygen atoms in total. The molecule has 0 aliphatic heterocycles. The van der Waals surface area contributed by atoms with Crippen LogP contribution in [0.3, 0.4) is 0 Å². The molecule has 1 atom stereocenters. The normalized spacial score (nSPS) is 12.3. The van der Waals surface area contributed by atoms with Crippen LogP contribution in [0.1, 0.15) is 380 Å². The molecule has 0 saturated carbocycles. The number of carbonyl (C=O) groups excluding carboxylic acids is 3. The molecule has 1 unspecified atom stereocenters. The quantitative estimate of drug-likeness (QED) is 0.0261. The van der Waals surface area contributed by atoms with Crippen molar-refractivity contribution in [2.24, 2.45) is 0 Å². The number of unbranched alkanes of at least 4 members (excludes halogenated alkanes) is 46. The topological polar surface area (TPSA) is 78.9 Å². The smallest absolute Gasteiger partial charge is 0.306 e. The molecule has 0 fully saturated rings. The van der Waals surface area contributed by atoms with E-state index in [0.29, 0.717) is 19.3 Å². The van der Waals surface area contributed by atoms with E-state index >= 15 is 0 Å². The maximum atomic E-state index is 12.9. The van der Waals surface area contributed by atoms with Gasteiger partial charge < -0.3 is 14.2 Å². The summed E-state index contributed by atoms with van der Waals surface area (Å²) in [4.78, 5) is 38.4. The summed E-state index contributed by atoms with van der Waals surface area (Å²) >= 11 is 0. The predicted octanol–water partition coefficient (Wildman–Crippen LogP) is 24.1. The zero-order valence-corrected chi connectivity index (χ0v) is 53.2. The molecule has 0 amide bonds. The van der Waals surface area contributed by atoms with Gasteiger partial charge in [-0.2, -0.15) is 0 Å². The first-order valence-electron chi connectivity index (χ1n) is 35.1. The van der Waals surface area contributed by atoms with E-state index in [1.807, 2.05) is 0 Å². The number of esters is 3. The van der Waals surface area contributed by atoms with Gasteiger partial charge in [0.15, 0.2) is 6.10 Å². The monoisotopic (exact) mass is 1110 g/mol. The largest absolute Gasteiger partial charge is 0.462 e. The molecule has 0 aromatic rings. The lowest BCUT2D eigenvalue weighted by Gasteiger charge is -2.18. The van der Waals surface area contributed by atoms with Gasteiger partial charge in [0.2, 0.25) is 0 Å². The molecule has 0 N–H and O–H groups in total. The van der Waals surface area contributed by atoms with Gasteiger partial charge in [0.1, 0.15) is 13.2 Å². The van der Waals surface area contributed by atoms with Crippen LogP contribution in [-0.4, -0.2) is 37.2 Å². The van der Waals surface area contributed by atoms with Gasteiger partial charge >= 0.3 is 17.9 Å². The Morgan fingerprint density at radius 3 is 0.722 bits per heavy atom.